The number of hydrogen-bond donors (Lipinski definition) is 1. The first-order valence-electron chi connectivity index (χ1n) is 5.79. The maximum atomic E-state index is 10.8. The van der Waals surface area contributed by atoms with Gasteiger partial charge in [0.25, 0.3) is 0 Å². The lowest BCUT2D eigenvalue weighted by molar-refractivity contribution is 0.0697. The number of hydrogen-bond acceptors (Lipinski definition) is 2. The predicted octanol–water partition coefficient (Wildman–Crippen LogP) is 3.90. The molecule has 3 aromatic rings. The van der Waals surface area contributed by atoms with Crippen LogP contribution in [-0.2, 0) is 0 Å². The Morgan fingerprint density at radius 3 is 2.47 bits per heavy atom. The molecule has 1 N–H and O–H groups in total. The van der Waals surface area contributed by atoms with E-state index >= 15 is 0 Å². The SMILES string of the molecule is O=C(O)c1ccc(-c2ccn(-c3cccs3)c2)cc1. The van der Waals surface area contributed by atoms with Crippen molar-refractivity contribution in [1.82, 2.24) is 4.57 Å². The van der Waals surface area contributed by atoms with Crippen LogP contribution in [0.1, 0.15) is 10.4 Å². The van der Waals surface area contributed by atoms with Crippen LogP contribution in [0.5, 0.6) is 0 Å². The van der Waals surface area contributed by atoms with E-state index in [-0.39, 0.29) is 0 Å². The van der Waals surface area contributed by atoms with Crippen molar-refractivity contribution < 1.29 is 9.90 Å². The molecule has 0 unspecified atom stereocenters. The quantitative estimate of drug-likeness (QED) is 0.783. The minimum atomic E-state index is -0.900. The van der Waals surface area contributed by atoms with Crippen LogP contribution in [0.3, 0.4) is 0 Å². The molecule has 0 fully saturated rings. The average molecular weight is 269 g/mol. The Hall–Kier alpha value is -2.33. The Balaban J connectivity index is 1.92. The highest BCUT2D eigenvalue weighted by molar-refractivity contribution is 7.12. The van der Waals surface area contributed by atoms with E-state index < -0.39 is 5.97 Å². The van der Waals surface area contributed by atoms with Crippen LogP contribution in [0, 0.1) is 0 Å². The van der Waals surface area contributed by atoms with E-state index in [1.165, 1.54) is 0 Å². The molecule has 0 atom stereocenters. The third kappa shape index (κ3) is 2.30. The number of thiophene rings is 1. The van der Waals surface area contributed by atoms with Gasteiger partial charge in [0.05, 0.1) is 10.6 Å². The molecule has 0 aliphatic carbocycles. The molecule has 0 aliphatic heterocycles. The topological polar surface area (TPSA) is 42.2 Å². The van der Waals surface area contributed by atoms with Crippen LogP contribution in [-0.4, -0.2) is 15.6 Å². The lowest BCUT2D eigenvalue weighted by Gasteiger charge is -1.99. The molecular formula is C15H11NO2S. The molecule has 19 heavy (non-hydrogen) atoms. The summed E-state index contributed by atoms with van der Waals surface area (Å²) in [5.41, 5.74) is 2.40. The monoisotopic (exact) mass is 269 g/mol. The Morgan fingerprint density at radius 2 is 1.84 bits per heavy atom. The van der Waals surface area contributed by atoms with E-state index in [9.17, 15) is 4.79 Å². The van der Waals surface area contributed by atoms with Gasteiger partial charge >= 0.3 is 5.97 Å². The van der Waals surface area contributed by atoms with Crippen molar-refractivity contribution in [1.29, 1.82) is 0 Å². The summed E-state index contributed by atoms with van der Waals surface area (Å²) in [4.78, 5) is 10.8. The zero-order chi connectivity index (χ0) is 13.2. The number of carboxylic acids is 1. The third-order valence-corrected chi connectivity index (χ3v) is 3.80. The number of carbonyl (C=O) groups is 1. The summed E-state index contributed by atoms with van der Waals surface area (Å²) >= 11 is 1.68. The highest BCUT2D eigenvalue weighted by Gasteiger charge is 2.05. The largest absolute Gasteiger partial charge is 0.478 e. The van der Waals surface area contributed by atoms with Crippen LogP contribution in [0.4, 0.5) is 0 Å². The van der Waals surface area contributed by atoms with E-state index in [2.05, 4.69) is 10.6 Å². The molecule has 2 heterocycles. The van der Waals surface area contributed by atoms with Crippen molar-refractivity contribution in [2.45, 2.75) is 0 Å². The number of carboxylic acid groups (broad SMARTS) is 1. The van der Waals surface area contributed by atoms with Crippen molar-refractivity contribution in [2.24, 2.45) is 0 Å². The molecule has 2 aromatic heterocycles. The zero-order valence-corrected chi connectivity index (χ0v) is 10.8. The van der Waals surface area contributed by atoms with E-state index in [0.717, 1.165) is 16.1 Å². The Bertz CT molecular complexity index is 696. The molecule has 0 amide bonds. The Morgan fingerprint density at radius 1 is 1.05 bits per heavy atom. The molecule has 0 spiro atoms. The first kappa shape index (κ1) is 11.7. The molecule has 0 saturated heterocycles. The minimum absolute atomic E-state index is 0.307. The number of aromatic nitrogens is 1. The fourth-order valence-electron chi connectivity index (χ4n) is 1.93. The van der Waals surface area contributed by atoms with Crippen LogP contribution < -0.4 is 0 Å². The molecule has 0 bridgehead atoms. The van der Waals surface area contributed by atoms with Crippen molar-refractivity contribution in [3.05, 3.63) is 65.8 Å². The normalized spacial score (nSPS) is 10.5. The average Bonchev–Trinajstić information content (AvgIpc) is 3.10. The first-order chi connectivity index (χ1) is 9.24. The maximum Gasteiger partial charge on any atom is 0.335 e. The molecule has 3 rings (SSSR count). The van der Waals surface area contributed by atoms with Gasteiger partial charge in [0.1, 0.15) is 0 Å². The number of aromatic carboxylic acids is 1. The van der Waals surface area contributed by atoms with Gasteiger partial charge in [0.15, 0.2) is 0 Å². The molecule has 94 valence electrons. The van der Waals surface area contributed by atoms with E-state index in [1.807, 2.05) is 42.0 Å². The summed E-state index contributed by atoms with van der Waals surface area (Å²) in [6, 6.07) is 13.0. The van der Waals surface area contributed by atoms with Crippen molar-refractivity contribution in [2.75, 3.05) is 0 Å². The number of rotatable bonds is 3. The van der Waals surface area contributed by atoms with Gasteiger partial charge in [-0.15, -0.1) is 11.3 Å². The van der Waals surface area contributed by atoms with Gasteiger partial charge in [0.2, 0.25) is 0 Å². The van der Waals surface area contributed by atoms with Crippen molar-refractivity contribution >= 4 is 17.3 Å². The molecule has 4 heteroatoms. The third-order valence-electron chi connectivity index (χ3n) is 2.92. The van der Waals surface area contributed by atoms with Gasteiger partial charge in [-0.1, -0.05) is 12.1 Å². The summed E-state index contributed by atoms with van der Waals surface area (Å²) < 4.78 is 2.06. The van der Waals surface area contributed by atoms with E-state index in [4.69, 9.17) is 5.11 Å². The van der Waals surface area contributed by atoms with Crippen molar-refractivity contribution in [3.8, 4) is 16.1 Å². The van der Waals surface area contributed by atoms with E-state index in [0.29, 0.717) is 5.56 Å². The molecule has 0 aliphatic rings. The Kier molecular flexibility index (Phi) is 2.93. The molecule has 0 saturated carbocycles. The fraction of sp³-hybridized carbons (Fsp3) is 0. The highest BCUT2D eigenvalue weighted by atomic mass is 32.1. The lowest BCUT2D eigenvalue weighted by atomic mass is 10.1. The summed E-state index contributed by atoms with van der Waals surface area (Å²) in [5, 5.41) is 12.1. The molecular weight excluding hydrogens is 258 g/mol. The number of nitrogens with zero attached hydrogens (tertiary/aromatic N) is 1. The van der Waals surface area contributed by atoms with Gasteiger partial charge in [0, 0.05) is 12.4 Å². The highest BCUT2D eigenvalue weighted by Crippen LogP contribution is 2.23. The van der Waals surface area contributed by atoms with Crippen LogP contribution in [0.25, 0.3) is 16.1 Å². The lowest BCUT2D eigenvalue weighted by Crippen LogP contribution is -1.94. The van der Waals surface area contributed by atoms with Crippen LogP contribution >= 0.6 is 11.3 Å². The van der Waals surface area contributed by atoms with Crippen molar-refractivity contribution in [3.63, 3.8) is 0 Å². The first-order valence-corrected chi connectivity index (χ1v) is 6.67. The second kappa shape index (κ2) is 4.74. The van der Waals surface area contributed by atoms with Gasteiger partial charge in [-0.2, -0.15) is 0 Å². The minimum Gasteiger partial charge on any atom is -0.478 e. The summed E-state index contributed by atoms with van der Waals surface area (Å²) in [6.45, 7) is 0. The van der Waals surface area contributed by atoms with Gasteiger partial charge in [-0.05, 0) is 46.8 Å². The summed E-state index contributed by atoms with van der Waals surface area (Å²) in [5.74, 6) is -0.900. The van der Waals surface area contributed by atoms with Gasteiger partial charge in [-0.3, -0.25) is 0 Å². The standard InChI is InChI=1S/C15H11NO2S/c17-15(18)12-5-3-11(4-6-12)13-7-8-16(10-13)14-2-1-9-19-14/h1-10H,(H,17,18). The summed E-state index contributed by atoms with van der Waals surface area (Å²) in [6.07, 6.45) is 4.05. The predicted molar refractivity (Wildman–Crippen MR) is 76.0 cm³/mol. The zero-order valence-electron chi connectivity index (χ0n) is 9.98. The second-order valence-corrected chi connectivity index (χ2v) is 5.07. The smallest absolute Gasteiger partial charge is 0.335 e. The Labute approximate surface area is 114 Å². The maximum absolute atomic E-state index is 10.8. The van der Waals surface area contributed by atoms with Crippen LogP contribution in [0.15, 0.2) is 60.2 Å². The van der Waals surface area contributed by atoms with Crippen LogP contribution in [0.2, 0.25) is 0 Å². The molecule has 0 radical (unpaired) electrons. The van der Waals surface area contributed by atoms with Gasteiger partial charge in [-0.25, -0.2) is 4.79 Å². The molecule has 1 aromatic carbocycles. The van der Waals surface area contributed by atoms with E-state index in [1.54, 1.807) is 23.5 Å². The number of benzene rings is 1. The summed E-state index contributed by atoms with van der Waals surface area (Å²) in [7, 11) is 0. The van der Waals surface area contributed by atoms with Gasteiger partial charge < -0.3 is 9.67 Å². The fourth-order valence-corrected chi connectivity index (χ4v) is 2.62. The molecule has 3 nitrogen and oxygen atoms in total. The second-order valence-electron chi connectivity index (χ2n) is 4.14.